The second-order valence-electron chi connectivity index (χ2n) is 6.11. The van der Waals surface area contributed by atoms with E-state index >= 15 is 0 Å². The van der Waals surface area contributed by atoms with E-state index in [0.29, 0.717) is 17.8 Å². The van der Waals surface area contributed by atoms with Crippen LogP contribution in [0.3, 0.4) is 0 Å². The molecule has 4 heterocycles. The molecule has 0 N–H and O–H groups in total. The van der Waals surface area contributed by atoms with Gasteiger partial charge in [0.25, 0.3) is 5.89 Å². The molecule has 22 heavy (non-hydrogen) atoms. The van der Waals surface area contributed by atoms with Crippen LogP contribution in [0.15, 0.2) is 29.0 Å². The van der Waals surface area contributed by atoms with E-state index < -0.39 is 0 Å². The molecule has 116 valence electrons. The minimum absolute atomic E-state index is 0.0409. The predicted octanol–water partition coefficient (Wildman–Crippen LogP) is 2.27. The Morgan fingerprint density at radius 1 is 1.32 bits per heavy atom. The van der Waals surface area contributed by atoms with E-state index in [0.717, 1.165) is 32.4 Å². The zero-order chi connectivity index (χ0) is 14.9. The summed E-state index contributed by atoms with van der Waals surface area (Å²) in [4.78, 5) is 11.0. The van der Waals surface area contributed by atoms with Crippen molar-refractivity contribution in [3.05, 3.63) is 41.8 Å². The molecule has 2 fully saturated rings. The van der Waals surface area contributed by atoms with E-state index in [1.54, 1.807) is 0 Å². The Labute approximate surface area is 129 Å². The Hall–Kier alpha value is -1.79. The van der Waals surface area contributed by atoms with Gasteiger partial charge >= 0.3 is 0 Å². The highest BCUT2D eigenvalue weighted by Gasteiger charge is 2.41. The lowest BCUT2D eigenvalue weighted by Gasteiger charge is -2.34. The van der Waals surface area contributed by atoms with Gasteiger partial charge < -0.3 is 9.26 Å². The summed E-state index contributed by atoms with van der Waals surface area (Å²) in [6.45, 7) is 3.85. The number of likely N-dealkylation sites (tertiary alicyclic amines) is 1. The Balaban J connectivity index is 1.42. The zero-order valence-electron chi connectivity index (χ0n) is 12.7. The summed E-state index contributed by atoms with van der Waals surface area (Å²) in [5.41, 5.74) is 1.26. The summed E-state index contributed by atoms with van der Waals surface area (Å²) >= 11 is 0. The molecule has 0 radical (unpaired) electrons. The van der Waals surface area contributed by atoms with Gasteiger partial charge in [-0.1, -0.05) is 11.2 Å². The van der Waals surface area contributed by atoms with Gasteiger partial charge in [0.2, 0.25) is 0 Å². The maximum atomic E-state index is 6.22. The zero-order valence-corrected chi connectivity index (χ0v) is 12.7. The molecular weight excluding hydrogens is 280 g/mol. The number of hydrogen-bond acceptors (Lipinski definition) is 6. The van der Waals surface area contributed by atoms with Crippen LogP contribution in [0.25, 0.3) is 0 Å². The number of nitrogens with zero attached hydrogens (tertiary/aromatic N) is 4. The van der Waals surface area contributed by atoms with Crippen LogP contribution in [0.2, 0.25) is 0 Å². The Morgan fingerprint density at radius 2 is 2.27 bits per heavy atom. The van der Waals surface area contributed by atoms with Crippen LogP contribution in [-0.4, -0.2) is 38.7 Å². The van der Waals surface area contributed by atoms with Crippen LogP contribution in [0.5, 0.6) is 0 Å². The maximum absolute atomic E-state index is 6.22. The van der Waals surface area contributed by atoms with Crippen molar-refractivity contribution in [3.8, 4) is 0 Å². The second kappa shape index (κ2) is 5.78. The van der Waals surface area contributed by atoms with Gasteiger partial charge in [-0.3, -0.25) is 9.88 Å². The van der Waals surface area contributed by atoms with Crippen LogP contribution in [0.4, 0.5) is 0 Å². The van der Waals surface area contributed by atoms with Gasteiger partial charge in [-0.25, -0.2) is 0 Å². The van der Waals surface area contributed by atoms with Gasteiger partial charge in [-0.2, -0.15) is 4.98 Å². The number of pyridine rings is 1. The fraction of sp³-hybridized carbons (Fsp3) is 0.562. The lowest BCUT2D eigenvalue weighted by molar-refractivity contribution is -0.0831. The van der Waals surface area contributed by atoms with Gasteiger partial charge in [0.15, 0.2) is 5.82 Å². The quantitative estimate of drug-likeness (QED) is 0.866. The highest BCUT2D eigenvalue weighted by Crippen LogP contribution is 2.37. The van der Waals surface area contributed by atoms with Crippen molar-refractivity contribution >= 4 is 0 Å². The lowest BCUT2D eigenvalue weighted by atomic mass is 9.99. The molecule has 0 bridgehead atoms. The van der Waals surface area contributed by atoms with E-state index in [2.05, 4.69) is 26.1 Å². The second-order valence-corrected chi connectivity index (χ2v) is 6.11. The topological polar surface area (TPSA) is 64.3 Å². The molecular formula is C16H20N4O2. The first-order chi connectivity index (χ1) is 10.8. The van der Waals surface area contributed by atoms with Crippen LogP contribution in [0.1, 0.15) is 42.6 Å². The van der Waals surface area contributed by atoms with Crippen LogP contribution >= 0.6 is 0 Å². The molecule has 2 aromatic rings. The number of fused-ring (bicyclic) bond motifs is 1. The number of aromatic nitrogens is 3. The van der Waals surface area contributed by atoms with E-state index in [-0.39, 0.29) is 12.2 Å². The van der Waals surface area contributed by atoms with Crippen molar-refractivity contribution in [1.29, 1.82) is 0 Å². The van der Waals surface area contributed by atoms with Crippen molar-refractivity contribution in [1.82, 2.24) is 20.0 Å². The summed E-state index contributed by atoms with van der Waals surface area (Å²) in [7, 11) is 0. The lowest BCUT2D eigenvalue weighted by Crippen LogP contribution is -2.40. The molecule has 0 aliphatic carbocycles. The largest absolute Gasteiger partial charge is 0.363 e. The Bertz CT molecular complexity index is 630. The van der Waals surface area contributed by atoms with Crippen molar-refractivity contribution in [2.45, 2.75) is 51.0 Å². The van der Waals surface area contributed by atoms with Gasteiger partial charge in [0.05, 0.1) is 6.10 Å². The van der Waals surface area contributed by atoms with E-state index in [4.69, 9.17) is 9.26 Å². The molecule has 2 aliphatic rings. The molecule has 0 aromatic carbocycles. The minimum atomic E-state index is -0.0409. The monoisotopic (exact) mass is 300 g/mol. The molecule has 0 amide bonds. The van der Waals surface area contributed by atoms with E-state index in [1.165, 1.54) is 5.56 Å². The predicted molar refractivity (Wildman–Crippen MR) is 78.9 cm³/mol. The van der Waals surface area contributed by atoms with Crippen LogP contribution < -0.4 is 0 Å². The summed E-state index contributed by atoms with van der Waals surface area (Å²) in [6.07, 6.45) is 7.10. The van der Waals surface area contributed by atoms with Crippen molar-refractivity contribution in [2.24, 2.45) is 0 Å². The molecule has 4 rings (SSSR count). The standard InChI is InChI=1S/C16H20N4O2/c1-11-18-16(22-19-11)15-5-4-13-14(21-15)6-8-20(13)10-12-3-2-7-17-9-12/h2-3,7,9,13-15H,4-6,8,10H2,1H3/t13-,14-,15-/m1/s1. The van der Waals surface area contributed by atoms with Crippen molar-refractivity contribution in [3.63, 3.8) is 0 Å². The summed E-state index contributed by atoms with van der Waals surface area (Å²) in [5.74, 6) is 1.30. The molecule has 2 aliphatic heterocycles. The average molecular weight is 300 g/mol. The number of rotatable bonds is 3. The van der Waals surface area contributed by atoms with Gasteiger partial charge in [0.1, 0.15) is 6.10 Å². The number of aryl methyl sites for hydroxylation is 1. The molecule has 2 saturated heterocycles. The highest BCUT2D eigenvalue weighted by molar-refractivity contribution is 5.09. The van der Waals surface area contributed by atoms with E-state index in [9.17, 15) is 0 Å². The molecule has 0 spiro atoms. The third-order valence-corrected chi connectivity index (χ3v) is 4.59. The molecule has 6 nitrogen and oxygen atoms in total. The summed E-state index contributed by atoms with van der Waals surface area (Å²) in [5, 5.41) is 3.86. The Morgan fingerprint density at radius 3 is 3.05 bits per heavy atom. The number of ether oxygens (including phenoxy) is 1. The SMILES string of the molecule is Cc1noc([C@H]2CC[C@@H]3[C@@H](CCN3Cc3cccnc3)O2)n1. The maximum Gasteiger partial charge on any atom is 0.255 e. The normalized spacial score (nSPS) is 28.7. The first-order valence-corrected chi connectivity index (χ1v) is 7.88. The molecule has 2 aromatic heterocycles. The Kier molecular flexibility index (Phi) is 3.63. The first kappa shape index (κ1) is 13.8. The first-order valence-electron chi connectivity index (χ1n) is 7.88. The average Bonchev–Trinajstić information content (AvgIpc) is 3.15. The van der Waals surface area contributed by atoms with Crippen LogP contribution in [-0.2, 0) is 11.3 Å². The fourth-order valence-corrected chi connectivity index (χ4v) is 3.56. The van der Waals surface area contributed by atoms with Gasteiger partial charge in [0, 0.05) is 31.5 Å². The van der Waals surface area contributed by atoms with Crippen LogP contribution in [0, 0.1) is 6.92 Å². The third-order valence-electron chi connectivity index (χ3n) is 4.59. The van der Waals surface area contributed by atoms with E-state index in [1.807, 2.05) is 25.4 Å². The summed E-state index contributed by atoms with van der Waals surface area (Å²) in [6, 6.07) is 4.61. The fourth-order valence-electron chi connectivity index (χ4n) is 3.56. The molecule has 0 saturated carbocycles. The third kappa shape index (κ3) is 2.64. The smallest absolute Gasteiger partial charge is 0.255 e. The van der Waals surface area contributed by atoms with Gasteiger partial charge in [-0.05, 0) is 37.8 Å². The van der Waals surface area contributed by atoms with Gasteiger partial charge in [-0.15, -0.1) is 0 Å². The minimum Gasteiger partial charge on any atom is -0.363 e. The molecule has 6 heteroatoms. The highest BCUT2D eigenvalue weighted by atomic mass is 16.5. The molecule has 0 unspecified atom stereocenters. The molecule has 3 atom stereocenters. The number of hydrogen-bond donors (Lipinski definition) is 0. The van der Waals surface area contributed by atoms with Crippen molar-refractivity contribution < 1.29 is 9.26 Å². The van der Waals surface area contributed by atoms with Crippen molar-refractivity contribution in [2.75, 3.05) is 6.54 Å². The summed E-state index contributed by atoms with van der Waals surface area (Å²) < 4.78 is 11.5.